The van der Waals surface area contributed by atoms with Crippen LogP contribution in [0, 0.1) is 6.92 Å². The first-order valence-corrected chi connectivity index (χ1v) is 10.3. The molecule has 0 spiro atoms. The third kappa shape index (κ3) is 4.62. The van der Waals surface area contributed by atoms with E-state index in [1.807, 2.05) is 29.8 Å². The van der Waals surface area contributed by atoms with Gasteiger partial charge in [-0.25, -0.2) is 4.98 Å². The topological polar surface area (TPSA) is 95.3 Å². The molecule has 158 valence electrons. The van der Waals surface area contributed by atoms with Crippen LogP contribution >= 0.6 is 11.3 Å². The van der Waals surface area contributed by atoms with Crippen LogP contribution in [0.4, 0.5) is 5.69 Å². The average molecular weight is 436 g/mol. The molecule has 0 saturated heterocycles. The van der Waals surface area contributed by atoms with Gasteiger partial charge in [0.05, 0.1) is 33.5 Å². The van der Waals surface area contributed by atoms with Gasteiger partial charge in [-0.2, -0.15) is 0 Å². The van der Waals surface area contributed by atoms with Gasteiger partial charge in [0.1, 0.15) is 24.5 Å². The second-order valence-corrected chi connectivity index (χ2v) is 7.88. The first-order valence-electron chi connectivity index (χ1n) is 9.49. The summed E-state index contributed by atoms with van der Waals surface area (Å²) in [5.41, 5.74) is 3.14. The van der Waals surface area contributed by atoms with Crippen molar-refractivity contribution in [1.29, 1.82) is 0 Å². The lowest BCUT2D eigenvalue weighted by molar-refractivity contribution is -0.119. The molecule has 0 unspecified atom stereocenters. The number of hydrogen-bond acceptors (Lipinski definition) is 7. The number of anilines is 1. The fourth-order valence-corrected chi connectivity index (χ4v) is 4.10. The van der Waals surface area contributed by atoms with Crippen LogP contribution in [-0.2, 0) is 21.1 Å². The van der Waals surface area contributed by atoms with Crippen LogP contribution in [0.25, 0.3) is 20.8 Å². The number of methoxy groups -OCH3 is 1. The number of carbonyl (C=O) groups excluding carboxylic acids is 2. The highest BCUT2D eigenvalue weighted by atomic mass is 32.1. The maximum Gasteiger partial charge on any atom is 0.231 e. The van der Waals surface area contributed by atoms with Crippen LogP contribution in [0.1, 0.15) is 12.0 Å². The van der Waals surface area contributed by atoms with Crippen molar-refractivity contribution in [2.45, 2.75) is 20.1 Å². The molecule has 0 saturated carbocycles. The molecule has 0 aliphatic heterocycles. The molecule has 3 aromatic heterocycles. The first-order chi connectivity index (χ1) is 15.1. The zero-order valence-electron chi connectivity index (χ0n) is 17.0. The Bertz CT molecular complexity index is 1250. The zero-order valence-corrected chi connectivity index (χ0v) is 17.8. The quantitative estimate of drug-likeness (QED) is 0.325. The largest absolute Gasteiger partial charge is 0.455 e. The summed E-state index contributed by atoms with van der Waals surface area (Å²) >= 11 is 1.56. The molecular weight excluding hydrogens is 416 g/mol. The maximum atomic E-state index is 11.6. The van der Waals surface area contributed by atoms with E-state index in [0.29, 0.717) is 30.2 Å². The summed E-state index contributed by atoms with van der Waals surface area (Å²) < 4.78 is 14.1. The second kappa shape index (κ2) is 9.07. The molecule has 3 heterocycles. The minimum atomic E-state index is -0.349. The summed E-state index contributed by atoms with van der Waals surface area (Å²) in [5.74, 6) is 1.01. The molecule has 0 aliphatic carbocycles. The van der Waals surface area contributed by atoms with Gasteiger partial charge in [0.2, 0.25) is 5.91 Å². The zero-order chi connectivity index (χ0) is 21.8. The van der Waals surface area contributed by atoms with Crippen molar-refractivity contribution >= 4 is 39.4 Å². The second-order valence-electron chi connectivity index (χ2n) is 6.83. The van der Waals surface area contributed by atoms with Crippen LogP contribution in [0.3, 0.4) is 0 Å². The number of nitrogens with one attached hydrogen (secondary N) is 1. The van der Waals surface area contributed by atoms with E-state index in [2.05, 4.69) is 15.3 Å². The van der Waals surface area contributed by atoms with E-state index < -0.39 is 0 Å². The molecule has 0 bridgehead atoms. The molecule has 31 heavy (non-hydrogen) atoms. The normalized spacial score (nSPS) is 10.9. The lowest BCUT2D eigenvalue weighted by Crippen LogP contribution is -2.11. The summed E-state index contributed by atoms with van der Waals surface area (Å²) in [6, 6.07) is 9.15. The Morgan fingerprint density at radius 3 is 2.87 bits per heavy atom. The van der Waals surface area contributed by atoms with Gasteiger partial charge in [0.15, 0.2) is 0 Å². The number of fused-ring (bicyclic) bond motifs is 1. The molecule has 0 fully saturated rings. The van der Waals surface area contributed by atoms with E-state index in [9.17, 15) is 9.59 Å². The van der Waals surface area contributed by atoms with Crippen LogP contribution in [-0.4, -0.2) is 33.8 Å². The molecule has 1 N–H and O–H groups in total. The summed E-state index contributed by atoms with van der Waals surface area (Å²) in [4.78, 5) is 32.0. The molecule has 9 heteroatoms. The Morgan fingerprint density at radius 1 is 1.23 bits per heavy atom. The third-order valence-electron chi connectivity index (χ3n) is 4.49. The number of amides is 1. The molecular formula is C22H20N4O4S. The van der Waals surface area contributed by atoms with Gasteiger partial charge in [0.25, 0.3) is 0 Å². The van der Waals surface area contributed by atoms with Crippen LogP contribution in [0.5, 0.6) is 11.5 Å². The summed E-state index contributed by atoms with van der Waals surface area (Å²) in [6.07, 6.45) is 5.77. The molecule has 0 aliphatic rings. The van der Waals surface area contributed by atoms with E-state index in [-0.39, 0.29) is 12.3 Å². The lowest BCUT2D eigenvalue weighted by Gasteiger charge is -2.11. The third-order valence-corrected chi connectivity index (χ3v) is 5.65. The smallest absolute Gasteiger partial charge is 0.231 e. The Kier molecular flexibility index (Phi) is 6.06. The Morgan fingerprint density at radius 2 is 2.10 bits per heavy atom. The van der Waals surface area contributed by atoms with Crippen molar-refractivity contribution < 1.29 is 19.1 Å². The number of imidazole rings is 1. The number of benzene rings is 1. The molecule has 4 aromatic rings. The Hall–Kier alpha value is -3.56. The van der Waals surface area contributed by atoms with Crippen molar-refractivity contribution in [1.82, 2.24) is 14.5 Å². The van der Waals surface area contributed by atoms with Gasteiger partial charge in [-0.15, -0.1) is 11.3 Å². The number of nitrogens with zero attached hydrogens (tertiary/aromatic N) is 3. The van der Waals surface area contributed by atoms with E-state index in [0.717, 1.165) is 26.4 Å². The number of ether oxygens (including phenoxy) is 2. The summed E-state index contributed by atoms with van der Waals surface area (Å²) in [6.45, 7) is 2.33. The van der Waals surface area contributed by atoms with Crippen molar-refractivity contribution in [3.63, 3.8) is 0 Å². The van der Waals surface area contributed by atoms with Gasteiger partial charge < -0.3 is 24.2 Å². The predicted octanol–water partition coefficient (Wildman–Crippen LogP) is 4.39. The monoisotopic (exact) mass is 436 g/mol. The maximum absolute atomic E-state index is 11.6. The number of aldehydes is 1. The number of aromatic nitrogens is 3. The fraction of sp³-hybridized carbons (Fsp3) is 0.182. The molecule has 1 amide bonds. The molecule has 8 nitrogen and oxygen atoms in total. The van der Waals surface area contributed by atoms with Crippen molar-refractivity contribution in [2.75, 3.05) is 12.4 Å². The minimum Gasteiger partial charge on any atom is -0.455 e. The molecule has 0 atom stereocenters. The first kappa shape index (κ1) is 20.7. The number of thiophene rings is 1. The lowest BCUT2D eigenvalue weighted by atomic mass is 10.2. The summed E-state index contributed by atoms with van der Waals surface area (Å²) in [5, 5.41) is 2.69. The molecule has 4 rings (SSSR count). The standard InChI is InChI=1S/C22H20N4O4S/c1-14-9-15(25-21(28)6-8-27)3-4-18(14)30-19-5-7-23-16-10-20(31-22(16)19)17-11-26(12-24-17)13-29-2/h3-5,7-12H,6,13H2,1-2H3,(H,25,28). The van der Waals surface area contributed by atoms with Crippen molar-refractivity contribution in [2.24, 2.45) is 0 Å². The van der Waals surface area contributed by atoms with E-state index >= 15 is 0 Å². The highest BCUT2D eigenvalue weighted by Crippen LogP contribution is 2.39. The minimum absolute atomic E-state index is 0.170. The average Bonchev–Trinajstić information content (AvgIpc) is 3.38. The fourth-order valence-electron chi connectivity index (χ4n) is 3.08. The molecule has 1 aromatic carbocycles. The van der Waals surface area contributed by atoms with E-state index in [1.165, 1.54) is 0 Å². The van der Waals surface area contributed by atoms with Gasteiger partial charge in [-0.1, -0.05) is 0 Å². The van der Waals surface area contributed by atoms with E-state index in [1.54, 1.807) is 49.2 Å². The number of rotatable bonds is 8. The molecule has 0 radical (unpaired) electrons. The van der Waals surface area contributed by atoms with Crippen LogP contribution < -0.4 is 10.1 Å². The number of hydrogen-bond donors (Lipinski definition) is 1. The highest BCUT2D eigenvalue weighted by molar-refractivity contribution is 7.22. The van der Waals surface area contributed by atoms with Crippen LogP contribution in [0.2, 0.25) is 0 Å². The Labute approximate surface area is 182 Å². The van der Waals surface area contributed by atoms with Gasteiger partial charge in [-0.05, 0) is 36.8 Å². The number of pyridine rings is 1. The Balaban J connectivity index is 1.59. The van der Waals surface area contributed by atoms with Crippen molar-refractivity contribution in [3.05, 3.63) is 54.6 Å². The SMILES string of the molecule is COCn1cnc(-c2cc3nccc(Oc4ccc(NC(=O)CC=O)cc4C)c3s2)c1. The number of carbonyl (C=O) groups is 2. The van der Waals surface area contributed by atoms with Crippen molar-refractivity contribution in [3.8, 4) is 22.1 Å². The number of aryl methyl sites for hydroxylation is 1. The van der Waals surface area contributed by atoms with E-state index in [4.69, 9.17) is 9.47 Å². The highest BCUT2D eigenvalue weighted by Gasteiger charge is 2.14. The summed E-state index contributed by atoms with van der Waals surface area (Å²) in [7, 11) is 1.64. The van der Waals surface area contributed by atoms with Gasteiger partial charge in [0, 0.05) is 31.3 Å². The van der Waals surface area contributed by atoms with Crippen LogP contribution in [0.15, 0.2) is 49.1 Å². The van der Waals surface area contributed by atoms with Gasteiger partial charge in [-0.3, -0.25) is 9.78 Å². The predicted molar refractivity (Wildman–Crippen MR) is 118 cm³/mol. The van der Waals surface area contributed by atoms with Gasteiger partial charge >= 0.3 is 0 Å².